The lowest BCUT2D eigenvalue weighted by Gasteiger charge is -2.26. The fraction of sp³-hybridized carbons (Fsp3) is 0.444. The molecular formula is C18H24N4S. The standard InChI is InChI=1S/C18H24N4S/c1-5-22-16(13-9-11-21(12-13)18(2,3)4)15(20-17(22)23)14-8-6-7-10-19-14/h6-12,15-16H,5H2,1-4H3,(H,20,23)/t15-,16+/m0/s1. The van der Waals surface area contributed by atoms with Crippen molar-refractivity contribution in [3.8, 4) is 0 Å². The molecule has 0 spiro atoms. The molecule has 0 saturated carbocycles. The fourth-order valence-corrected chi connectivity index (χ4v) is 3.48. The van der Waals surface area contributed by atoms with Crippen LogP contribution in [-0.4, -0.2) is 26.1 Å². The molecule has 1 aliphatic heterocycles. The van der Waals surface area contributed by atoms with Gasteiger partial charge in [0, 0.05) is 30.7 Å². The highest BCUT2D eigenvalue weighted by molar-refractivity contribution is 7.80. The van der Waals surface area contributed by atoms with E-state index in [0.29, 0.717) is 0 Å². The fourth-order valence-electron chi connectivity index (χ4n) is 3.11. The maximum atomic E-state index is 5.55. The van der Waals surface area contributed by atoms with Gasteiger partial charge in [-0.3, -0.25) is 4.98 Å². The van der Waals surface area contributed by atoms with Crippen molar-refractivity contribution in [1.29, 1.82) is 0 Å². The summed E-state index contributed by atoms with van der Waals surface area (Å²) in [6.45, 7) is 9.65. The summed E-state index contributed by atoms with van der Waals surface area (Å²) in [5.74, 6) is 0. The van der Waals surface area contributed by atoms with E-state index in [0.717, 1.165) is 17.4 Å². The molecule has 0 amide bonds. The van der Waals surface area contributed by atoms with Gasteiger partial charge in [0.1, 0.15) is 0 Å². The first-order chi connectivity index (χ1) is 10.9. The van der Waals surface area contributed by atoms with Crippen LogP contribution in [0.4, 0.5) is 0 Å². The van der Waals surface area contributed by atoms with E-state index in [-0.39, 0.29) is 17.6 Å². The Kier molecular flexibility index (Phi) is 4.15. The van der Waals surface area contributed by atoms with Crippen molar-refractivity contribution >= 4 is 17.3 Å². The van der Waals surface area contributed by atoms with E-state index in [2.05, 4.69) is 72.0 Å². The molecule has 3 rings (SSSR count). The van der Waals surface area contributed by atoms with Gasteiger partial charge in [-0.1, -0.05) is 6.07 Å². The van der Waals surface area contributed by atoms with E-state index in [9.17, 15) is 0 Å². The molecule has 2 aromatic heterocycles. The summed E-state index contributed by atoms with van der Waals surface area (Å²) in [6.07, 6.45) is 6.23. The van der Waals surface area contributed by atoms with Crippen LogP contribution in [0.15, 0.2) is 42.9 Å². The Morgan fingerprint density at radius 2 is 2.04 bits per heavy atom. The molecule has 5 heteroatoms. The van der Waals surface area contributed by atoms with E-state index in [1.165, 1.54) is 5.56 Å². The summed E-state index contributed by atoms with van der Waals surface area (Å²) in [4.78, 5) is 6.79. The zero-order valence-corrected chi connectivity index (χ0v) is 15.0. The third-order valence-corrected chi connectivity index (χ3v) is 4.72. The number of aromatic nitrogens is 2. The number of hydrogen-bond donors (Lipinski definition) is 1. The molecule has 4 nitrogen and oxygen atoms in total. The van der Waals surface area contributed by atoms with E-state index < -0.39 is 0 Å². The summed E-state index contributed by atoms with van der Waals surface area (Å²) in [5.41, 5.74) is 2.37. The molecule has 0 radical (unpaired) electrons. The second kappa shape index (κ2) is 5.96. The number of pyridine rings is 1. The molecular weight excluding hydrogens is 304 g/mol. The Morgan fingerprint density at radius 1 is 1.26 bits per heavy atom. The molecule has 0 unspecified atom stereocenters. The van der Waals surface area contributed by atoms with Crippen LogP contribution in [0.3, 0.4) is 0 Å². The van der Waals surface area contributed by atoms with Gasteiger partial charge in [0.05, 0.1) is 17.8 Å². The smallest absolute Gasteiger partial charge is 0.170 e. The SMILES string of the molecule is CCN1C(=S)N[C@@H](c2ccccn2)[C@H]1c1ccn(C(C)(C)C)c1. The molecule has 2 atom stereocenters. The number of nitrogens with one attached hydrogen (secondary N) is 1. The Morgan fingerprint density at radius 3 is 2.61 bits per heavy atom. The number of thiocarbonyl (C=S) groups is 1. The van der Waals surface area contributed by atoms with Gasteiger partial charge in [0.15, 0.2) is 5.11 Å². The average molecular weight is 328 g/mol. The van der Waals surface area contributed by atoms with Gasteiger partial charge in [-0.05, 0) is 63.7 Å². The number of rotatable bonds is 3. The number of likely N-dealkylation sites (N-methyl/N-ethyl adjacent to an activating group) is 1. The van der Waals surface area contributed by atoms with Crippen LogP contribution in [0.1, 0.15) is 51.0 Å². The van der Waals surface area contributed by atoms with Crippen molar-refractivity contribution in [3.63, 3.8) is 0 Å². The molecule has 2 aromatic rings. The highest BCUT2D eigenvalue weighted by atomic mass is 32.1. The van der Waals surface area contributed by atoms with Crippen LogP contribution in [0.5, 0.6) is 0 Å². The quantitative estimate of drug-likeness (QED) is 0.872. The number of hydrogen-bond acceptors (Lipinski definition) is 2. The minimum absolute atomic E-state index is 0.0718. The van der Waals surface area contributed by atoms with Gasteiger partial charge in [-0.2, -0.15) is 0 Å². The van der Waals surface area contributed by atoms with Gasteiger partial charge in [0.25, 0.3) is 0 Å². The zero-order valence-electron chi connectivity index (χ0n) is 14.2. The minimum Gasteiger partial charge on any atom is -0.352 e. The largest absolute Gasteiger partial charge is 0.352 e. The first kappa shape index (κ1) is 16.0. The second-order valence-electron chi connectivity index (χ2n) is 6.94. The summed E-state index contributed by atoms with van der Waals surface area (Å²) in [6, 6.07) is 8.49. The van der Waals surface area contributed by atoms with Gasteiger partial charge < -0.3 is 14.8 Å². The van der Waals surface area contributed by atoms with E-state index in [1.54, 1.807) is 0 Å². The lowest BCUT2D eigenvalue weighted by Crippen LogP contribution is -2.29. The maximum absolute atomic E-state index is 5.55. The lowest BCUT2D eigenvalue weighted by atomic mass is 9.99. The van der Waals surface area contributed by atoms with Crippen LogP contribution < -0.4 is 5.32 Å². The predicted octanol–water partition coefficient (Wildman–Crippen LogP) is 3.63. The van der Waals surface area contributed by atoms with Gasteiger partial charge in [-0.25, -0.2) is 0 Å². The van der Waals surface area contributed by atoms with Crippen molar-refractivity contribution in [2.24, 2.45) is 0 Å². The molecule has 0 aromatic carbocycles. The third-order valence-electron chi connectivity index (χ3n) is 4.37. The normalized spacial score (nSPS) is 21.6. The summed E-state index contributed by atoms with van der Waals surface area (Å²) >= 11 is 5.55. The van der Waals surface area contributed by atoms with Crippen molar-refractivity contribution in [2.75, 3.05) is 6.54 Å². The van der Waals surface area contributed by atoms with E-state index in [4.69, 9.17) is 12.2 Å². The molecule has 122 valence electrons. The molecule has 1 N–H and O–H groups in total. The zero-order chi connectivity index (χ0) is 16.6. The van der Waals surface area contributed by atoms with Crippen molar-refractivity contribution in [3.05, 3.63) is 54.1 Å². The summed E-state index contributed by atoms with van der Waals surface area (Å²) in [7, 11) is 0. The van der Waals surface area contributed by atoms with E-state index in [1.807, 2.05) is 18.3 Å². The van der Waals surface area contributed by atoms with Gasteiger partial charge in [-0.15, -0.1) is 0 Å². The lowest BCUT2D eigenvalue weighted by molar-refractivity contribution is 0.328. The topological polar surface area (TPSA) is 33.1 Å². The highest BCUT2D eigenvalue weighted by Crippen LogP contribution is 2.38. The van der Waals surface area contributed by atoms with Gasteiger partial charge in [0.2, 0.25) is 0 Å². The second-order valence-corrected chi connectivity index (χ2v) is 7.32. The van der Waals surface area contributed by atoms with Gasteiger partial charge >= 0.3 is 0 Å². The van der Waals surface area contributed by atoms with Crippen LogP contribution in [0, 0.1) is 0 Å². The molecule has 3 heterocycles. The summed E-state index contributed by atoms with van der Waals surface area (Å²) < 4.78 is 2.26. The monoisotopic (exact) mass is 328 g/mol. The Balaban J connectivity index is 2.01. The van der Waals surface area contributed by atoms with Crippen LogP contribution in [0.25, 0.3) is 0 Å². The van der Waals surface area contributed by atoms with Crippen molar-refractivity contribution < 1.29 is 0 Å². The Labute approximate surface area is 143 Å². The molecule has 0 bridgehead atoms. The maximum Gasteiger partial charge on any atom is 0.170 e. The van der Waals surface area contributed by atoms with Crippen molar-refractivity contribution in [2.45, 2.75) is 45.3 Å². The van der Waals surface area contributed by atoms with Crippen molar-refractivity contribution in [1.82, 2.24) is 19.8 Å². The molecule has 1 aliphatic rings. The van der Waals surface area contributed by atoms with Crippen LogP contribution in [-0.2, 0) is 5.54 Å². The molecule has 1 saturated heterocycles. The highest BCUT2D eigenvalue weighted by Gasteiger charge is 2.39. The minimum atomic E-state index is 0.0718. The molecule has 1 fully saturated rings. The predicted molar refractivity (Wildman–Crippen MR) is 97.3 cm³/mol. The third kappa shape index (κ3) is 2.98. The molecule has 23 heavy (non-hydrogen) atoms. The Bertz CT molecular complexity index is 687. The first-order valence-electron chi connectivity index (χ1n) is 8.08. The van der Waals surface area contributed by atoms with E-state index >= 15 is 0 Å². The first-order valence-corrected chi connectivity index (χ1v) is 8.49. The van der Waals surface area contributed by atoms with Crippen LogP contribution >= 0.6 is 12.2 Å². The number of nitrogens with zero attached hydrogens (tertiary/aromatic N) is 3. The Hall–Kier alpha value is -1.88. The van der Waals surface area contributed by atoms with Crippen LogP contribution in [0.2, 0.25) is 0 Å². The summed E-state index contributed by atoms with van der Waals surface area (Å²) in [5, 5.41) is 4.26. The molecule has 0 aliphatic carbocycles. The average Bonchev–Trinajstić information content (AvgIpc) is 3.11.